The zero-order valence-corrected chi connectivity index (χ0v) is 10.8. The molecule has 0 aliphatic carbocycles. The molecule has 0 saturated heterocycles. The molecule has 0 radical (unpaired) electrons. The van der Waals surface area contributed by atoms with Crippen molar-refractivity contribution in [1.82, 2.24) is 19.9 Å². The van der Waals surface area contributed by atoms with Crippen LogP contribution in [0, 0.1) is 6.92 Å². The van der Waals surface area contributed by atoms with E-state index in [1.54, 1.807) is 25.3 Å². The van der Waals surface area contributed by atoms with E-state index >= 15 is 0 Å². The number of nitrogens with zero attached hydrogens (tertiary/aromatic N) is 3. The highest BCUT2D eigenvalue weighted by Gasteiger charge is 2.09. The number of carbonyl (C=O) groups is 1. The second kappa shape index (κ2) is 5.49. The van der Waals surface area contributed by atoms with Gasteiger partial charge >= 0.3 is 0 Å². The average molecular weight is 260 g/mol. The van der Waals surface area contributed by atoms with Crippen molar-refractivity contribution in [3.05, 3.63) is 41.6 Å². The van der Waals surface area contributed by atoms with Gasteiger partial charge in [0.1, 0.15) is 11.6 Å². The lowest BCUT2D eigenvalue weighted by molar-refractivity contribution is 0.0949. The van der Waals surface area contributed by atoms with E-state index in [0.29, 0.717) is 17.9 Å². The second-order valence-electron chi connectivity index (χ2n) is 4.16. The third kappa shape index (κ3) is 3.08. The highest BCUT2D eigenvalue weighted by molar-refractivity contribution is 5.94. The predicted octanol–water partition coefficient (Wildman–Crippen LogP) is 0.339. The summed E-state index contributed by atoms with van der Waals surface area (Å²) in [7, 11) is 1.88. The molecular formula is C12H16N6O. The van der Waals surface area contributed by atoms with Gasteiger partial charge in [0.15, 0.2) is 0 Å². The van der Waals surface area contributed by atoms with Gasteiger partial charge < -0.3 is 15.3 Å². The van der Waals surface area contributed by atoms with Gasteiger partial charge in [-0.2, -0.15) is 0 Å². The predicted molar refractivity (Wildman–Crippen MR) is 71.2 cm³/mol. The van der Waals surface area contributed by atoms with Crippen LogP contribution in [0.3, 0.4) is 0 Å². The molecule has 0 fully saturated rings. The Bertz CT molecular complexity index is 592. The van der Waals surface area contributed by atoms with Crippen LogP contribution in [0.2, 0.25) is 0 Å². The van der Waals surface area contributed by atoms with Gasteiger partial charge in [0.2, 0.25) is 0 Å². The maximum absolute atomic E-state index is 12.0. The molecule has 2 aromatic heterocycles. The van der Waals surface area contributed by atoms with E-state index in [9.17, 15) is 4.79 Å². The molecule has 0 spiro atoms. The topological polar surface area (TPSA) is 97.9 Å². The Kier molecular flexibility index (Phi) is 3.76. The molecule has 2 heterocycles. The van der Waals surface area contributed by atoms with Crippen molar-refractivity contribution in [1.29, 1.82) is 0 Å². The fourth-order valence-corrected chi connectivity index (χ4v) is 1.70. The van der Waals surface area contributed by atoms with Gasteiger partial charge in [-0.15, -0.1) is 0 Å². The van der Waals surface area contributed by atoms with Crippen molar-refractivity contribution >= 4 is 11.7 Å². The van der Waals surface area contributed by atoms with E-state index in [4.69, 9.17) is 5.84 Å². The minimum atomic E-state index is -0.190. The Hall–Kier alpha value is -2.41. The van der Waals surface area contributed by atoms with Gasteiger partial charge in [-0.25, -0.2) is 15.8 Å². The van der Waals surface area contributed by atoms with E-state index < -0.39 is 0 Å². The van der Waals surface area contributed by atoms with E-state index in [1.165, 1.54) is 0 Å². The summed E-state index contributed by atoms with van der Waals surface area (Å²) in [6, 6.07) is 3.30. The number of imidazole rings is 1. The van der Waals surface area contributed by atoms with Crippen molar-refractivity contribution in [2.75, 3.05) is 5.43 Å². The zero-order chi connectivity index (χ0) is 13.8. The van der Waals surface area contributed by atoms with Crippen LogP contribution in [0.4, 0.5) is 5.82 Å². The lowest BCUT2D eigenvalue weighted by atomic mass is 10.2. The number of hydrazine groups is 1. The molecule has 0 aliphatic heterocycles. The molecule has 2 aromatic rings. The number of nitrogens with two attached hydrogens (primary N) is 1. The summed E-state index contributed by atoms with van der Waals surface area (Å²) in [6.45, 7) is 2.17. The van der Waals surface area contributed by atoms with Gasteiger partial charge in [0, 0.05) is 30.7 Å². The number of amides is 1. The molecule has 4 N–H and O–H groups in total. The summed E-state index contributed by atoms with van der Waals surface area (Å²) in [4.78, 5) is 20.3. The van der Waals surface area contributed by atoms with Gasteiger partial charge in [0.25, 0.3) is 5.91 Å². The number of rotatable bonds is 4. The first kappa shape index (κ1) is 13.0. The van der Waals surface area contributed by atoms with Crippen LogP contribution in [0.5, 0.6) is 0 Å². The molecule has 0 saturated carbocycles. The third-order valence-corrected chi connectivity index (χ3v) is 2.69. The summed E-state index contributed by atoms with van der Waals surface area (Å²) in [6.07, 6.45) is 3.52. The highest BCUT2D eigenvalue weighted by atomic mass is 16.1. The van der Waals surface area contributed by atoms with Gasteiger partial charge in [0.05, 0.1) is 6.54 Å². The number of aryl methyl sites for hydroxylation is 2. The molecule has 0 aliphatic rings. The number of nitrogen functional groups attached to an aromatic ring is 1. The van der Waals surface area contributed by atoms with Crippen LogP contribution < -0.4 is 16.6 Å². The zero-order valence-electron chi connectivity index (χ0n) is 10.8. The smallest absolute Gasteiger partial charge is 0.251 e. The fourth-order valence-electron chi connectivity index (χ4n) is 1.70. The maximum atomic E-state index is 12.0. The Balaban J connectivity index is 2.08. The summed E-state index contributed by atoms with van der Waals surface area (Å²) < 4.78 is 1.85. The number of hydrogen-bond donors (Lipinski definition) is 3. The second-order valence-corrected chi connectivity index (χ2v) is 4.16. The largest absolute Gasteiger partial charge is 0.345 e. The standard InChI is InChI=1S/C12H16N6O/c1-8-5-9(6-10(16-8)17-13)12(19)15-7-11-14-3-4-18(11)2/h3-6H,7,13H2,1-2H3,(H,15,19)(H,16,17). The lowest BCUT2D eigenvalue weighted by Crippen LogP contribution is -2.25. The maximum Gasteiger partial charge on any atom is 0.251 e. The van der Waals surface area contributed by atoms with Crippen LogP contribution in [0.1, 0.15) is 21.9 Å². The Morgan fingerprint density at radius 2 is 2.26 bits per heavy atom. The molecule has 7 nitrogen and oxygen atoms in total. The highest BCUT2D eigenvalue weighted by Crippen LogP contribution is 2.09. The minimum absolute atomic E-state index is 0.190. The van der Waals surface area contributed by atoms with E-state index in [0.717, 1.165) is 11.5 Å². The first-order valence-corrected chi connectivity index (χ1v) is 5.80. The molecule has 0 atom stereocenters. The monoisotopic (exact) mass is 260 g/mol. The van der Waals surface area contributed by atoms with E-state index in [1.807, 2.05) is 17.8 Å². The number of anilines is 1. The Labute approximate surface area is 110 Å². The lowest BCUT2D eigenvalue weighted by Gasteiger charge is -2.07. The van der Waals surface area contributed by atoms with Gasteiger partial charge in [-0.1, -0.05) is 0 Å². The first-order chi connectivity index (χ1) is 9.10. The van der Waals surface area contributed by atoms with Crippen molar-refractivity contribution in [3.63, 3.8) is 0 Å². The number of pyridine rings is 1. The SMILES string of the molecule is Cc1cc(C(=O)NCc2nccn2C)cc(NN)n1. The van der Waals surface area contributed by atoms with Gasteiger partial charge in [-0.3, -0.25) is 4.79 Å². The molecule has 100 valence electrons. The summed E-state index contributed by atoms with van der Waals surface area (Å²) in [5.74, 6) is 6.36. The number of aromatic nitrogens is 3. The fraction of sp³-hybridized carbons (Fsp3) is 0.250. The van der Waals surface area contributed by atoms with Gasteiger partial charge in [-0.05, 0) is 19.1 Å². The van der Waals surface area contributed by atoms with Crippen LogP contribution in [0.15, 0.2) is 24.5 Å². The van der Waals surface area contributed by atoms with Crippen LogP contribution in [-0.4, -0.2) is 20.4 Å². The van der Waals surface area contributed by atoms with Crippen LogP contribution in [0.25, 0.3) is 0 Å². The van der Waals surface area contributed by atoms with E-state index in [2.05, 4.69) is 20.7 Å². The number of carbonyl (C=O) groups excluding carboxylic acids is 1. The quantitative estimate of drug-likeness (QED) is 0.544. The van der Waals surface area contributed by atoms with Crippen LogP contribution >= 0.6 is 0 Å². The van der Waals surface area contributed by atoms with E-state index in [-0.39, 0.29) is 5.91 Å². The molecule has 19 heavy (non-hydrogen) atoms. The molecule has 0 bridgehead atoms. The number of nitrogens with one attached hydrogen (secondary N) is 2. The Morgan fingerprint density at radius 3 is 2.89 bits per heavy atom. The molecule has 7 heteroatoms. The Morgan fingerprint density at radius 1 is 1.47 bits per heavy atom. The molecule has 2 rings (SSSR count). The molecule has 0 unspecified atom stereocenters. The molecule has 1 amide bonds. The summed E-state index contributed by atoms with van der Waals surface area (Å²) >= 11 is 0. The van der Waals surface area contributed by atoms with Crippen molar-refractivity contribution in [2.24, 2.45) is 12.9 Å². The van der Waals surface area contributed by atoms with Crippen molar-refractivity contribution in [2.45, 2.75) is 13.5 Å². The third-order valence-electron chi connectivity index (χ3n) is 2.69. The summed E-state index contributed by atoms with van der Waals surface area (Å²) in [5.41, 5.74) is 3.66. The normalized spacial score (nSPS) is 10.3. The van der Waals surface area contributed by atoms with Crippen molar-refractivity contribution in [3.8, 4) is 0 Å². The number of hydrogen-bond acceptors (Lipinski definition) is 5. The average Bonchev–Trinajstić information content (AvgIpc) is 2.80. The minimum Gasteiger partial charge on any atom is -0.345 e. The summed E-state index contributed by atoms with van der Waals surface area (Å²) in [5, 5.41) is 2.80. The molecule has 0 aromatic carbocycles. The van der Waals surface area contributed by atoms with Crippen LogP contribution in [-0.2, 0) is 13.6 Å². The molecular weight excluding hydrogens is 244 g/mol. The first-order valence-electron chi connectivity index (χ1n) is 5.80. The van der Waals surface area contributed by atoms with Crippen molar-refractivity contribution < 1.29 is 4.79 Å².